The van der Waals surface area contributed by atoms with Crippen LogP contribution in [-0.2, 0) is 6.42 Å². The number of benzene rings is 1. The average molecular weight is 274 g/mol. The Morgan fingerprint density at radius 3 is 2.85 bits per heavy atom. The van der Waals surface area contributed by atoms with Gasteiger partial charge in [-0.3, -0.25) is 4.79 Å². The van der Waals surface area contributed by atoms with Crippen molar-refractivity contribution in [1.82, 2.24) is 4.90 Å². The molecule has 2 heterocycles. The lowest BCUT2D eigenvalue weighted by atomic mass is 9.82. The minimum atomic E-state index is -0.703. The van der Waals surface area contributed by atoms with Crippen LogP contribution in [0.3, 0.4) is 0 Å². The van der Waals surface area contributed by atoms with Crippen LogP contribution >= 0.6 is 0 Å². The Labute approximate surface area is 119 Å². The maximum Gasteiger partial charge on any atom is 0.254 e. The summed E-state index contributed by atoms with van der Waals surface area (Å²) in [5.41, 5.74) is 2.40. The fourth-order valence-electron chi connectivity index (χ4n) is 2.91. The number of aliphatic hydroxyl groups is 1. The number of likely N-dealkylation sites (tertiary alicyclic amines) is 1. The molecule has 0 saturated carbocycles. The lowest BCUT2D eigenvalue weighted by molar-refractivity contribution is -0.110. The molecule has 0 aromatic heterocycles. The number of anilines is 1. The summed E-state index contributed by atoms with van der Waals surface area (Å²) in [5, 5.41) is 13.6. The van der Waals surface area contributed by atoms with Gasteiger partial charge in [-0.2, -0.15) is 0 Å². The fourth-order valence-corrected chi connectivity index (χ4v) is 2.91. The predicted octanol–water partition coefficient (Wildman–Crippen LogP) is 1.89. The molecule has 0 spiro atoms. The van der Waals surface area contributed by atoms with Gasteiger partial charge in [-0.15, -0.1) is 0 Å². The number of aryl methyl sites for hydroxylation is 1. The summed E-state index contributed by atoms with van der Waals surface area (Å²) in [6.07, 6.45) is 2.14. The highest BCUT2D eigenvalue weighted by Crippen LogP contribution is 2.30. The molecule has 2 aliphatic heterocycles. The van der Waals surface area contributed by atoms with Gasteiger partial charge >= 0.3 is 0 Å². The first-order chi connectivity index (χ1) is 9.49. The second kappa shape index (κ2) is 4.77. The van der Waals surface area contributed by atoms with Crippen molar-refractivity contribution in [1.29, 1.82) is 0 Å². The Kier molecular flexibility index (Phi) is 3.21. The summed E-state index contributed by atoms with van der Waals surface area (Å²) in [6, 6.07) is 5.87. The number of fused-ring (bicyclic) bond motifs is 1. The molecule has 1 amide bonds. The predicted molar refractivity (Wildman–Crippen MR) is 78.9 cm³/mol. The van der Waals surface area contributed by atoms with Crippen molar-refractivity contribution >= 4 is 11.6 Å². The molecule has 4 nitrogen and oxygen atoms in total. The summed E-state index contributed by atoms with van der Waals surface area (Å²) in [7, 11) is 0. The number of hydrogen-bond acceptors (Lipinski definition) is 3. The summed E-state index contributed by atoms with van der Waals surface area (Å²) >= 11 is 0. The zero-order chi connectivity index (χ0) is 14.3. The van der Waals surface area contributed by atoms with E-state index in [1.54, 1.807) is 4.90 Å². The number of carbonyl (C=O) groups excluding carboxylic acids is 1. The van der Waals surface area contributed by atoms with E-state index in [1.165, 1.54) is 5.56 Å². The molecule has 1 fully saturated rings. The molecule has 2 aliphatic rings. The number of nitrogens with one attached hydrogen (secondary N) is 1. The van der Waals surface area contributed by atoms with E-state index in [2.05, 4.69) is 5.32 Å². The van der Waals surface area contributed by atoms with Gasteiger partial charge in [0, 0.05) is 17.8 Å². The number of β-amino-alcohol motifs (C(OH)–C–C–N with tert-alkyl or cyclic N) is 1. The Morgan fingerprint density at radius 1 is 1.40 bits per heavy atom. The molecule has 0 atom stereocenters. The second-order valence-electron chi connectivity index (χ2n) is 6.32. The molecule has 0 bridgehead atoms. The lowest BCUT2D eigenvalue weighted by Gasteiger charge is -2.49. The first-order valence-electron chi connectivity index (χ1n) is 7.38. The second-order valence-corrected chi connectivity index (χ2v) is 6.32. The van der Waals surface area contributed by atoms with Crippen molar-refractivity contribution < 1.29 is 9.90 Å². The molecule has 2 N–H and O–H groups in total. The maximum absolute atomic E-state index is 12.4. The molecule has 3 rings (SSSR count). The van der Waals surface area contributed by atoms with Gasteiger partial charge in [-0.25, -0.2) is 0 Å². The van der Waals surface area contributed by atoms with Gasteiger partial charge in [0.05, 0.1) is 13.1 Å². The van der Waals surface area contributed by atoms with E-state index in [0.717, 1.165) is 30.6 Å². The van der Waals surface area contributed by atoms with Crippen molar-refractivity contribution in [2.75, 3.05) is 25.0 Å². The van der Waals surface area contributed by atoms with Gasteiger partial charge in [0.2, 0.25) is 0 Å². The first-order valence-corrected chi connectivity index (χ1v) is 7.38. The van der Waals surface area contributed by atoms with Crippen LogP contribution in [0.4, 0.5) is 5.69 Å². The van der Waals surface area contributed by atoms with Gasteiger partial charge in [0.1, 0.15) is 5.60 Å². The maximum atomic E-state index is 12.4. The van der Waals surface area contributed by atoms with Gasteiger partial charge < -0.3 is 15.3 Å². The molecule has 0 radical (unpaired) electrons. The molecule has 0 unspecified atom stereocenters. The zero-order valence-electron chi connectivity index (χ0n) is 12.1. The van der Waals surface area contributed by atoms with E-state index in [1.807, 2.05) is 32.0 Å². The molecule has 108 valence electrons. The van der Waals surface area contributed by atoms with Gasteiger partial charge in [-0.05, 0) is 42.5 Å². The van der Waals surface area contributed by atoms with Crippen LogP contribution in [0.5, 0.6) is 0 Å². The van der Waals surface area contributed by atoms with E-state index in [0.29, 0.717) is 13.1 Å². The topological polar surface area (TPSA) is 52.6 Å². The zero-order valence-corrected chi connectivity index (χ0v) is 12.1. The van der Waals surface area contributed by atoms with Crippen LogP contribution in [-0.4, -0.2) is 41.1 Å². The third kappa shape index (κ3) is 2.18. The van der Waals surface area contributed by atoms with Crippen molar-refractivity contribution in [3.63, 3.8) is 0 Å². The van der Waals surface area contributed by atoms with Crippen molar-refractivity contribution in [2.45, 2.75) is 32.3 Å². The van der Waals surface area contributed by atoms with Crippen LogP contribution < -0.4 is 5.32 Å². The summed E-state index contributed by atoms with van der Waals surface area (Å²) in [5.74, 6) is 0.211. The van der Waals surface area contributed by atoms with Crippen LogP contribution in [0.1, 0.15) is 36.2 Å². The number of carbonyl (C=O) groups is 1. The van der Waals surface area contributed by atoms with Crippen LogP contribution in [0.2, 0.25) is 0 Å². The van der Waals surface area contributed by atoms with Gasteiger partial charge in [-0.1, -0.05) is 13.8 Å². The Bertz CT molecular complexity index is 533. The molecular weight excluding hydrogens is 252 g/mol. The van der Waals surface area contributed by atoms with Crippen molar-refractivity contribution in [2.24, 2.45) is 5.92 Å². The lowest BCUT2D eigenvalue weighted by Crippen LogP contribution is -2.65. The minimum absolute atomic E-state index is 0.0312. The highest BCUT2D eigenvalue weighted by atomic mass is 16.3. The van der Waals surface area contributed by atoms with E-state index in [4.69, 9.17) is 0 Å². The Balaban J connectivity index is 1.73. The average Bonchev–Trinajstić information content (AvgIpc) is 2.42. The van der Waals surface area contributed by atoms with Crippen LogP contribution in [0.15, 0.2) is 18.2 Å². The van der Waals surface area contributed by atoms with Gasteiger partial charge in [0.25, 0.3) is 5.91 Å². The Morgan fingerprint density at radius 2 is 2.15 bits per heavy atom. The fraction of sp³-hybridized carbons (Fsp3) is 0.562. The molecule has 1 aromatic carbocycles. The molecule has 1 saturated heterocycles. The standard InChI is InChI=1S/C16H22N2O2/c1-11(2)16(20)9-18(10-16)15(19)13-5-6-14-12(8-13)4-3-7-17-14/h5-6,8,11,17,20H,3-4,7,9-10H2,1-2H3. The highest BCUT2D eigenvalue weighted by molar-refractivity contribution is 5.95. The van der Waals surface area contributed by atoms with Crippen LogP contribution in [0.25, 0.3) is 0 Å². The largest absolute Gasteiger partial charge is 0.386 e. The van der Waals surface area contributed by atoms with E-state index >= 15 is 0 Å². The third-order valence-corrected chi connectivity index (χ3v) is 4.58. The van der Waals surface area contributed by atoms with E-state index < -0.39 is 5.60 Å². The molecule has 4 heteroatoms. The number of rotatable bonds is 2. The molecule has 1 aromatic rings. The molecule has 0 aliphatic carbocycles. The quantitative estimate of drug-likeness (QED) is 0.866. The number of amides is 1. The van der Waals surface area contributed by atoms with E-state index in [9.17, 15) is 9.90 Å². The third-order valence-electron chi connectivity index (χ3n) is 4.58. The molecular formula is C16H22N2O2. The van der Waals surface area contributed by atoms with E-state index in [-0.39, 0.29) is 11.8 Å². The number of nitrogens with zero attached hydrogens (tertiary/aromatic N) is 1. The highest BCUT2D eigenvalue weighted by Gasteiger charge is 2.45. The summed E-state index contributed by atoms with van der Waals surface area (Å²) < 4.78 is 0. The minimum Gasteiger partial charge on any atom is -0.386 e. The van der Waals surface area contributed by atoms with Crippen LogP contribution in [0, 0.1) is 5.92 Å². The summed E-state index contributed by atoms with van der Waals surface area (Å²) in [4.78, 5) is 14.2. The van der Waals surface area contributed by atoms with Crippen molar-refractivity contribution in [3.8, 4) is 0 Å². The summed E-state index contributed by atoms with van der Waals surface area (Å²) in [6.45, 7) is 5.88. The number of hydrogen-bond donors (Lipinski definition) is 2. The normalized spacial score (nSPS) is 20.1. The monoisotopic (exact) mass is 274 g/mol. The molecule has 20 heavy (non-hydrogen) atoms. The smallest absolute Gasteiger partial charge is 0.254 e. The van der Waals surface area contributed by atoms with Crippen molar-refractivity contribution in [3.05, 3.63) is 29.3 Å². The van der Waals surface area contributed by atoms with Gasteiger partial charge in [0.15, 0.2) is 0 Å². The first kappa shape index (κ1) is 13.4. The Hall–Kier alpha value is -1.55. The SMILES string of the molecule is CC(C)C1(O)CN(C(=O)c2ccc3c(c2)CCCN3)C1.